The Morgan fingerprint density at radius 3 is 2.50 bits per heavy atom. The molecule has 0 aliphatic carbocycles. The van der Waals surface area contributed by atoms with Crippen molar-refractivity contribution in [2.75, 3.05) is 46.4 Å². The molecule has 0 spiro atoms. The summed E-state index contributed by atoms with van der Waals surface area (Å²) in [5, 5.41) is 21.2. The number of aliphatic hydroxyl groups is 1. The Labute approximate surface area is 377 Å². The van der Waals surface area contributed by atoms with E-state index in [4.69, 9.17) is 35.5 Å². The number of aromatic nitrogens is 4. The maximum Gasteiger partial charge on any atom is 0.345 e. The number of carboxylic acid groups (broad SMARTS) is 1. The minimum atomic E-state index is -1.44. The van der Waals surface area contributed by atoms with Gasteiger partial charge in [0.05, 0.1) is 22.7 Å². The van der Waals surface area contributed by atoms with Crippen LogP contribution in [0.4, 0.5) is 4.39 Å². The highest BCUT2D eigenvalue weighted by atomic mass is 35.5. The first-order chi connectivity index (χ1) is 31.1. The fourth-order valence-corrected chi connectivity index (χ4v) is 9.24. The summed E-state index contributed by atoms with van der Waals surface area (Å²) in [5.74, 6) is 0.298. The van der Waals surface area contributed by atoms with Crippen LogP contribution in [0.1, 0.15) is 22.4 Å². The first-order valence-corrected chi connectivity index (χ1v) is 22.0. The molecule has 4 aromatic carbocycles. The van der Waals surface area contributed by atoms with Gasteiger partial charge in [0.1, 0.15) is 53.5 Å². The van der Waals surface area contributed by atoms with Gasteiger partial charge in [-0.3, -0.25) is 4.90 Å². The fourth-order valence-electron chi connectivity index (χ4n) is 7.88. The van der Waals surface area contributed by atoms with Gasteiger partial charge in [0, 0.05) is 66.9 Å². The Hall–Kier alpha value is -6.23. The Kier molecular flexibility index (Phi) is 12.7. The number of hydrogen-bond acceptors (Lipinski definition) is 13. The predicted molar refractivity (Wildman–Crippen MR) is 242 cm³/mol. The summed E-state index contributed by atoms with van der Waals surface area (Å²) in [5.41, 5.74) is 5.47. The van der Waals surface area contributed by atoms with Crippen LogP contribution in [0.3, 0.4) is 0 Å². The molecule has 10 rings (SSSR count). The molecular formula is C48H44ClFN6O7S. The molecule has 0 unspecified atom stereocenters. The topological polar surface area (TPSA) is 152 Å². The number of fused-ring (bicyclic) bond motifs is 7. The summed E-state index contributed by atoms with van der Waals surface area (Å²) < 4.78 is 40.3. The van der Waals surface area contributed by atoms with E-state index in [0.717, 1.165) is 53.3 Å². The number of nitrogens with zero attached hydrogens (tertiary/aromatic N) is 6. The van der Waals surface area contributed by atoms with Crippen molar-refractivity contribution in [3.63, 3.8) is 0 Å². The molecule has 3 aliphatic rings. The molecule has 16 heteroatoms. The number of benzene rings is 4. The summed E-state index contributed by atoms with van der Waals surface area (Å²) in [4.78, 5) is 37.4. The molecule has 64 heavy (non-hydrogen) atoms. The molecule has 2 atom stereocenters. The van der Waals surface area contributed by atoms with Gasteiger partial charge in [0.2, 0.25) is 12.0 Å². The molecule has 1 fully saturated rings. The Morgan fingerprint density at radius 1 is 0.953 bits per heavy atom. The van der Waals surface area contributed by atoms with Gasteiger partial charge in [-0.15, -0.1) is 11.3 Å². The zero-order chi connectivity index (χ0) is 44.3. The van der Waals surface area contributed by atoms with Gasteiger partial charge < -0.3 is 34.1 Å². The molecule has 2 N–H and O–H groups in total. The lowest BCUT2D eigenvalue weighted by Crippen LogP contribution is -2.49. The van der Waals surface area contributed by atoms with Crippen molar-refractivity contribution in [1.82, 2.24) is 29.7 Å². The van der Waals surface area contributed by atoms with Crippen LogP contribution in [0.15, 0.2) is 97.5 Å². The van der Waals surface area contributed by atoms with Gasteiger partial charge in [-0.2, -0.15) is 0 Å². The van der Waals surface area contributed by atoms with E-state index in [1.54, 1.807) is 42.6 Å². The molecule has 0 saturated carbocycles. The van der Waals surface area contributed by atoms with Crippen molar-refractivity contribution in [1.29, 1.82) is 0 Å². The lowest BCUT2D eigenvalue weighted by Gasteiger charge is -2.34. The second kappa shape index (κ2) is 18.9. The smallest absolute Gasteiger partial charge is 0.345 e. The Morgan fingerprint density at radius 2 is 1.73 bits per heavy atom. The number of likely N-dealkylation sites (N-methyl/N-ethyl adjacent to an activating group) is 1. The van der Waals surface area contributed by atoms with E-state index in [1.165, 1.54) is 29.8 Å². The van der Waals surface area contributed by atoms with E-state index in [9.17, 15) is 19.4 Å². The third-order valence-corrected chi connectivity index (χ3v) is 13.0. The highest BCUT2D eigenvalue weighted by molar-refractivity contribution is 7.22. The number of carboxylic acids is 1. The number of aliphatic hydroxyl groups excluding tert-OH is 1. The summed E-state index contributed by atoms with van der Waals surface area (Å²) >= 11 is 8.58. The molecule has 3 aromatic heterocycles. The highest BCUT2D eigenvalue weighted by Gasteiger charge is 2.30. The van der Waals surface area contributed by atoms with Crippen LogP contribution in [0, 0.1) is 12.7 Å². The summed E-state index contributed by atoms with van der Waals surface area (Å²) in [6.45, 7) is 6.18. The molecule has 7 aromatic rings. The molecule has 0 amide bonds. The predicted octanol–water partition coefficient (Wildman–Crippen LogP) is 8.12. The van der Waals surface area contributed by atoms with E-state index in [-0.39, 0.29) is 37.9 Å². The van der Waals surface area contributed by atoms with Crippen molar-refractivity contribution in [2.24, 2.45) is 0 Å². The van der Waals surface area contributed by atoms with Crippen molar-refractivity contribution in [2.45, 2.75) is 38.8 Å². The van der Waals surface area contributed by atoms with Crippen LogP contribution < -0.4 is 18.9 Å². The van der Waals surface area contributed by atoms with Crippen LogP contribution >= 0.6 is 22.9 Å². The standard InChI is InChI=1S/C48H44ClFN6O7S/c1-28-37-12-14-39(43(28)49)62-36(23-56-19-17-55(2)18-20-56)26-60-35-11-13-38(61-25-34-15-16-51-45(54-34)31-5-3-29(24-57)4-6-31)32(21-35)22-40(48(58)59)63-46-42-41(37)44(64-47(42)53-27-52-46)30-7-9-33(50)10-8-30/h3-16,21,27,36,40,57H,17-20,22-26H2,1-2H3,(H,58,59)/t36-,40-/m1/s1. The third kappa shape index (κ3) is 9.35. The third-order valence-electron chi connectivity index (χ3n) is 11.4. The van der Waals surface area contributed by atoms with Gasteiger partial charge in [-0.05, 0) is 78.7 Å². The number of hydrogen-bond donors (Lipinski definition) is 2. The van der Waals surface area contributed by atoms with Gasteiger partial charge in [-0.25, -0.2) is 29.1 Å². The minimum Gasteiger partial charge on any atom is -0.490 e. The zero-order valence-corrected chi connectivity index (χ0v) is 36.6. The SMILES string of the molecule is Cc1c2ccc(c1Cl)O[C@H](CN1CCN(C)CC1)COc1ccc(OCc3ccnc(-c4ccc(CO)cc4)n3)c(c1)C[C@H](C(=O)O)Oc1ncnc3sc(-c4ccc(F)cc4)c-2c13. The normalized spacial score (nSPS) is 17.0. The van der Waals surface area contributed by atoms with Gasteiger partial charge >= 0.3 is 5.97 Å². The van der Waals surface area contributed by atoms with Crippen molar-refractivity contribution in [3.8, 4) is 56.1 Å². The van der Waals surface area contributed by atoms with E-state index < -0.39 is 18.2 Å². The first kappa shape index (κ1) is 43.0. The van der Waals surface area contributed by atoms with E-state index >= 15 is 0 Å². The van der Waals surface area contributed by atoms with E-state index in [1.807, 2.05) is 43.3 Å². The number of rotatable bonds is 9. The number of aliphatic carboxylic acids is 1. The molecule has 4 bridgehead atoms. The second-order valence-electron chi connectivity index (χ2n) is 15.8. The Bertz CT molecular complexity index is 2800. The quantitative estimate of drug-likeness (QED) is 0.144. The summed E-state index contributed by atoms with van der Waals surface area (Å²) in [6.07, 6.45) is 0.965. The minimum absolute atomic E-state index is 0.0469. The van der Waals surface area contributed by atoms with Crippen molar-refractivity contribution < 1.29 is 38.3 Å². The van der Waals surface area contributed by atoms with E-state index in [0.29, 0.717) is 67.2 Å². The lowest BCUT2D eigenvalue weighted by molar-refractivity contribution is -0.145. The molecular weight excluding hydrogens is 859 g/mol. The summed E-state index contributed by atoms with van der Waals surface area (Å²) in [6, 6.07) is 24.3. The molecule has 3 aliphatic heterocycles. The second-order valence-corrected chi connectivity index (χ2v) is 17.2. The van der Waals surface area contributed by atoms with Gasteiger partial charge in [0.25, 0.3) is 0 Å². The average molecular weight is 903 g/mol. The summed E-state index contributed by atoms with van der Waals surface area (Å²) in [7, 11) is 2.11. The maximum absolute atomic E-state index is 14.3. The van der Waals surface area contributed by atoms with Crippen LogP contribution in [-0.4, -0.2) is 105 Å². The molecule has 1 saturated heterocycles. The van der Waals surface area contributed by atoms with Crippen molar-refractivity contribution in [3.05, 3.63) is 131 Å². The van der Waals surface area contributed by atoms with Crippen LogP contribution in [-0.2, 0) is 24.4 Å². The molecule has 13 nitrogen and oxygen atoms in total. The molecule has 328 valence electrons. The van der Waals surface area contributed by atoms with Crippen LogP contribution in [0.2, 0.25) is 5.02 Å². The first-order valence-electron chi connectivity index (χ1n) is 20.8. The van der Waals surface area contributed by atoms with E-state index in [2.05, 4.69) is 31.8 Å². The largest absolute Gasteiger partial charge is 0.490 e. The highest BCUT2D eigenvalue weighted by Crippen LogP contribution is 2.49. The van der Waals surface area contributed by atoms with Crippen LogP contribution in [0.5, 0.6) is 23.1 Å². The number of piperazine rings is 1. The maximum atomic E-state index is 14.3. The number of ether oxygens (including phenoxy) is 4. The zero-order valence-electron chi connectivity index (χ0n) is 35.0. The van der Waals surface area contributed by atoms with Gasteiger partial charge in [0.15, 0.2) is 5.82 Å². The average Bonchev–Trinajstić information content (AvgIpc) is 3.70. The van der Waals surface area contributed by atoms with Crippen LogP contribution in [0.25, 0.3) is 43.2 Å². The number of carbonyl (C=O) groups is 1. The fraction of sp³-hybridized carbons (Fsp3) is 0.271. The molecule has 6 heterocycles. The molecule has 0 radical (unpaired) electrons. The van der Waals surface area contributed by atoms with Crippen molar-refractivity contribution >= 4 is 39.1 Å². The Balaban J connectivity index is 1.13. The monoisotopic (exact) mass is 902 g/mol. The number of thiophene rings is 1. The number of halogens is 2. The lowest BCUT2D eigenvalue weighted by atomic mass is 9.96. The van der Waals surface area contributed by atoms with Gasteiger partial charge in [-0.1, -0.05) is 54.1 Å².